The third-order valence-corrected chi connectivity index (χ3v) is 4.16. The molecule has 0 aliphatic rings. The Hall–Kier alpha value is -2.37. The number of aliphatic hydroxyl groups excluding tert-OH is 1. The number of esters is 1. The zero-order valence-electron chi connectivity index (χ0n) is 14.6. The number of carbonyl (C=O) groups excluding carboxylic acids is 1. The molecule has 0 unspecified atom stereocenters. The molecule has 25 heavy (non-hydrogen) atoms. The molecule has 0 saturated carbocycles. The van der Waals surface area contributed by atoms with Gasteiger partial charge in [-0.1, -0.05) is 24.3 Å². The number of benzene rings is 2. The van der Waals surface area contributed by atoms with Crippen molar-refractivity contribution in [3.8, 4) is 5.75 Å². The first-order chi connectivity index (χ1) is 12.0. The third kappa shape index (κ3) is 5.89. The van der Waals surface area contributed by atoms with E-state index in [9.17, 15) is 15.0 Å². The van der Waals surface area contributed by atoms with Crippen molar-refractivity contribution in [3.63, 3.8) is 0 Å². The highest BCUT2D eigenvalue weighted by atomic mass is 16.5. The quantitative estimate of drug-likeness (QED) is 0.643. The number of phenols is 1. The zero-order chi connectivity index (χ0) is 18.2. The van der Waals surface area contributed by atoms with Crippen LogP contribution in [0.5, 0.6) is 5.75 Å². The molecule has 0 spiro atoms. The number of aromatic hydroxyl groups is 1. The normalized spacial score (nSPS) is 13.2. The number of rotatable bonds is 8. The second-order valence-corrected chi connectivity index (χ2v) is 6.15. The number of aliphatic hydroxyl groups is 1. The Morgan fingerprint density at radius 1 is 1.20 bits per heavy atom. The summed E-state index contributed by atoms with van der Waals surface area (Å²) < 4.78 is 4.68. The number of ether oxygens (including phenoxy) is 1. The standard InChI is InChI=1S/C20H25NO4/c1-14(21-13-19(23)17-4-3-5-18(22)12-17)6-7-15-8-10-16(11-9-15)20(24)25-2/h3-5,8-12,14,19,21-23H,6-7,13H2,1-2H3/t14-,19+/m1/s1. The van der Waals surface area contributed by atoms with Crippen LogP contribution in [0.4, 0.5) is 0 Å². The average Bonchev–Trinajstić information content (AvgIpc) is 2.64. The molecule has 0 bridgehead atoms. The van der Waals surface area contributed by atoms with Crippen molar-refractivity contribution in [2.45, 2.75) is 31.9 Å². The first-order valence-electron chi connectivity index (χ1n) is 8.37. The SMILES string of the molecule is COC(=O)c1ccc(CC[C@@H](C)NC[C@H](O)c2cccc(O)c2)cc1. The number of hydrogen-bond acceptors (Lipinski definition) is 5. The van der Waals surface area contributed by atoms with E-state index in [1.165, 1.54) is 7.11 Å². The summed E-state index contributed by atoms with van der Waals surface area (Å²) in [7, 11) is 1.37. The lowest BCUT2D eigenvalue weighted by atomic mass is 10.0. The summed E-state index contributed by atoms with van der Waals surface area (Å²) in [5.41, 5.74) is 2.39. The lowest BCUT2D eigenvalue weighted by Gasteiger charge is -2.17. The van der Waals surface area contributed by atoms with E-state index in [0.29, 0.717) is 17.7 Å². The van der Waals surface area contributed by atoms with Gasteiger partial charge in [-0.3, -0.25) is 0 Å². The van der Waals surface area contributed by atoms with Gasteiger partial charge in [-0.05, 0) is 55.2 Å². The van der Waals surface area contributed by atoms with Crippen molar-refractivity contribution in [3.05, 3.63) is 65.2 Å². The van der Waals surface area contributed by atoms with E-state index < -0.39 is 6.10 Å². The van der Waals surface area contributed by atoms with Gasteiger partial charge < -0.3 is 20.3 Å². The molecule has 0 aliphatic carbocycles. The Kier molecular flexibility index (Phi) is 6.98. The van der Waals surface area contributed by atoms with Crippen molar-refractivity contribution < 1.29 is 19.7 Å². The summed E-state index contributed by atoms with van der Waals surface area (Å²) in [5.74, 6) is -0.178. The average molecular weight is 343 g/mol. The molecule has 0 fully saturated rings. The van der Waals surface area contributed by atoms with Gasteiger partial charge in [0.2, 0.25) is 0 Å². The maximum Gasteiger partial charge on any atom is 0.337 e. The summed E-state index contributed by atoms with van der Waals surface area (Å²) in [6.07, 6.45) is 1.12. The van der Waals surface area contributed by atoms with Crippen LogP contribution < -0.4 is 5.32 Å². The number of phenolic OH excluding ortho intramolecular Hbond substituents is 1. The van der Waals surface area contributed by atoms with Gasteiger partial charge in [0.15, 0.2) is 0 Å². The molecule has 0 amide bonds. The highest BCUT2D eigenvalue weighted by Crippen LogP contribution is 2.18. The molecule has 0 radical (unpaired) electrons. The Morgan fingerprint density at radius 3 is 2.56 bits per heavy atom. The monoisotopic (exact) mass is 343 g/mol. The molecule has 2 aromatic rings. The van der Waals surface area contributed by atoms with Crippen LogP contribution in [0, 0.1) is 0 Å². The van der Waals surface area contributed by atoms with Crippen LogP contribution in [-0.4, -0.2) is 35.9 Å². The zero-order valence-corrected chi connectivity index (χ0v) is 14.6. The summed E-state index contributed by atoms with van der Waals surface area (Å²) >= 11 is 0. The van der Waals surface area contributed by atoms with Gasteiger partial charge in [-0.15, -0.1) is 0 Å². The van der Waals surface area contributed by atoms with Crippen LogP contribution >= 0.6 is 0 Å². The molecule has 0 aromatic heterocycles. The molecule has 2 rings (SSSR count). The number of aryl methyl sites for hydroxylation is 1. The molecule has 0 aliphatic heterocycles. The molecule has 5 heteroatoms. The molecule has 2 atom stereocenters. The van der Waals surface area contributed by atoms with Crippen molar-refractivity contribution in [2.24, 2.45) is 0 Å². The molecule has 0 saturated heterocycles. The second-order valence-electron chi connectivity index (χ2n) is 6.15. The van der Waals surface area contributed by atoms with Crippen molar-refractivity contribution in [1.82, 2.24) is 5.32 Å². The number of carbonyl (C=O) groups is 1. The topological polar surface area (TPSA) is 78.8 Å². The Morgan fingerprint density at radius 2 is 1.92 bits per heavy atom. The minimum Gasteiger partial charge on any atom is -0.508 e. The van der Waals surface area contributed by atoms with Gasteiger partial charge >= 0.3 is 5.97 Å². The van der Waals surface area contributed by atoms with Crippen LogP contribution in [-0.2, 0) is 11.2 Å². The first kappa shape index (κ1) is 19.0. The Balaban J connectivity index is 1.76. The number of nitrogens with one attached hydrogen (secondary N) is 1. The van der Waals surface area contributed by atoms with E-state index in [-0.39, 0.29) is 17.8 Å². The molecule has 134 valence electrons. The minimum atomic E-state index is -0.658. The summed E-state index contributed by atoms with van der Waals surface area (Å²) in [6.45, 7) is 2.49. The molecule has 0 heterocycles. The van der Waals surface area contributed by atoms with Crippen LogP contribution in [0.15, 0.2) is 48.5 Å². The van der Waals surface area contributed by atoms with E-state index in [1.54, 1.807) is 36.4 Å². The van der Waals surface area contributed by atoms with Crippen molar-refractivity contribution >= 4 is 5.97 Å². The summed E-state index contributed by atoms with van der Waals surface area (Å²) in [6, 6.07) is 14.3. The van der Waals surface area contributed by atoms with Gasteiger partial charge in [0.1, 0.15) is 5.75 Å². The van der Waals surface area contributed by atoms with E-state index in [4.69, 9.17) is 0 Å². The predicted molar refractivity (Wildman–Crippen MR) is 96.6 cm³/mol. The van der Waals surface area contributed by atoms with Crippen LogP contribution in [0.25, 0.3) is 0 Å². The van der Waals surface area contributed by atoms with Crippen molar-refractivity contribution in [1.29, 1.82) is 0 Å². The maximum absolute atomic E-state index is 11.4. The highest BCUT2D eigenvalue weighted by Gasteiger charge is 2.10. The first-order valence-corrected chi connectivity index (χ1v) is 8.37. The molecule has 3 N–H and O–H groups in total. The number of methoxy groups -OCH3 is 1. The Labute approximate surface area is 148 Å². The molecule has 2 aromatic carbocycles. The fourth-order valence-corrected chi connectivity index (χ4v) is 2.57. The van der Waals surface area contributed by atoms with Gasteiger partial charge in [0, 0.05) is 12.6 Å². The van der Waals surface area contributed by atoms with E-state index >= 15 is 0 Å². The second kappa shape index (κ2) is 9.20. The lowest BCUT2D eigenvalue weighted by molar-refractivity contribution is 0.0600. The van der Waals surface area contributed by atoms with E-state index in [1.807, 2.05) is 12.1 Å². The maximum atomic E-state index is 11.4. The predicted octanol–water partition coefficient (Wildman–Crippen LogP) is 2.82. The van der Waals surface area contributed by atoms with Gasteiger partial charge in [-0.25, -0.2) is 4.79 Å². The fraction of sp³-hybridized carbons (Fsp3) is 0.350. The Bertz CT molecular complexity index is 684. The lowest BCUT2D eigenvalue weighted by Crippen LogP contribution is -2.30. The summed E-state index contributed by atoms with van der Waals surface area (Å²) in [5, 5.41) is 22.9. The smallest absolute Gasteiger partial charge is 0.337 e. The van der Waals surface area contributed by atoms with E-state index in [0.717, 1.165) is 18.4 Å². The molecular weight excluding hydrogens is 318 g/mol. The minimum absolute atomic E-state index is 0.153. The summed E-state index contributed by atoms with van der Waals surface area (Å²) in [4.78, 5) is 11.4. The fourth-order valence-electron chi connectivity index (χ4n) is 2.57. The molecular formula is C20H25NO4. The van der Waals surface area contributed by atoms with Crippen molar-refractivity contribution in [2.75, 3.05) is 13.7 Å². The third-order valence-electron chi connectivity index (χ3n) is 4.16. The van der Waals surface area contributed by atoms with Crippen LogP contribution in [0.2, 0.25) is 0 Å². The largest absolute Gasteiger partial charge is 0.508 e. The van der Waals surface area contributed by atoms with E-state index in [2.05, 4.69) is 17.0 Å². The van der Waals surface area contributed by atoms with Crippen LogP contribution in [0.1, 0.15) is 40.9 Å². The van der Waals surface area contributed by atoms with Crippen LogP contribution in [0.3, 0.4) is 0 Å². The number of hydrogen-bond donors (Lipinski definition) is 3. The highest BCUT2D eigenvalue weighted by molar-refractivity contribution is 5.89. The van der Waals surface area contributed by atoms with Gasteiger partial charge in [0.25, 0.3) is 0 Å². The molecule has 5 nitrogen and oxygen atoms in total. The van der Waals surface area contributed by atoms with Gasteiger partial charge in [0.05, 0.1) is 18.8 Å². The van der Waals surface area contributed by atoms with Gasteiger partial charge in [-0.2, -0.15) is 0 Å².